The lowest BCUT2D eigenvalue weighted by atomic mass is 9.66. The molecule has 1 unspecified atom stereocenters. The highest BCUT2D eigenvalue weighted by Gasteiger charge is 2.47. The lowest BCUT2D eigenvalue weighted by molar-refractivity contribution is -0.136. The molecule has 2 aliphatic carbocycles. The van der Waals surface area contributed by atoms with Gasteiger partial charge in [0.2, 0.25) is 5.91 Å². The van der Waals surface area contributed by atoms with E-state index in [2.05, 4.69) is 0 Å². The SMILES string of the molecule is CC1(C)C(=O)C(C#N)=CC2C(=O)N(C3CCCC3)CC=C21. The van der Waals surface area contributed by atoms with Crippen molar-refractivity contribution in [3.63, 3.8) is 0 Å². The van der Waals surface area contributed by atoms with Gasteiger partial charge in [-0.1, -0.05) is 18.9 Å². The van der Waals surface area contributed by atoms with Crippen LogP contribution in [0.25, 0.3) is 0 Å². The fraction of sp³-hybridized carbons (Fsp3) is 0.588. The Balaban J connectivity index is 2.00. The van der Waals surface area contributed by atoms with Crippen LogP contribution in [0.1, 0.15) is 39.5 Å². The lowest BCUT2D eigenvalue weighted by Gasteiger charge is -2.42. The molecular formula is C17H20N2O2. The van der Waals surface area contributed by atoms with Gasteiger partial charge in [0, 0.05) is 12.6 Å². The largest absolute Gasteiger partial charge is 0.335 e. The molecule has 4 heteroatoms. The van der Waals surface area contributed by atoms with Crippen molar-refractivity contribution in [3.05, 3.63) is 23.3 Å². The molecule has 0 aromatic rings. The van der Waals surface area contributed by atoms with Crippen LogP contribution in [0.4, 0.5) is 0 Å². The number of ketones is 1. The van der Waals surface area contributed by atoms with Crippen molar-refractivity contribution in [2.45, 2.75) is 45.6 Å². The molecule has 0 saturated heterocycles. The second-order valence-electron chi connectivity index (χ2n) is 6.71. The monoisotopic (exact) mass is 284 g/mol. The average Bonchev–Trinajstić information content (AvgIpc) is 2.97. The molecule has 0 radical (unpaired) electrons. The van der Waals surface area contributed by atoms with Crippen LogP contribution in [0.15, 0.2) is 23.3 Å². The van der Waals surface area contributed by atoms with E-state index in [1.807, 2.05) is 30.9 Å². The molecule has 1 amide bonds. The van der Waals surface area contributed by atoms with E-state index in [1.54, 1.807) is 6.08 Å². The normalized spacial score (nSPS) is 28.8. The molecule has 0 bridgehead atoms. The molecule has 1 aliphatic heterocycles. The van der Waals surface area contributed by atoms with Gasteiger partial charge in [-0.15, -0.1) is 0 Å². The first-order valence-corrected chi connectivity index (χ1v) is 7.64. The molecule has 0 spiro atoms. The van der Waals surface area contributed by atoms with E-state index in [-0.39, 0.29) is 17.3 Å². The summed E-state index contributed by atoms with van der Waals surface area (Å²) in [5.41, 5.74) is 0.247. The van der Waals surface area contributed by atoms with Gasteiger partial charge in [0.1, 0.15) is 6.07 Å². The Labute approximate surface area is 125 Å². The number of nitrogens with zero attached hydrogens (tertiary/aromatic N) is 2. The van der Waals surface area contributed by atoms with Gasteiger partial charge >= 0.3 is 0 Å². The standard InChI is InChI=1S/C17H20N2O2/c1-17(2)14-7-8-19(12-5-3-4-6-12)16(21)13(14)9-11(10-18)15(17)20/h7,9,12-13H,3-6,8H2,1-2H3. The summed E-state index contributed by atoms with van der Waals surface area (Å²) >= 11 is 0. The highest BCUT2D eigenvalue weighted by atomic mass is 16.2. The summed E-state index contributed by atoms with van der Waals surface area (Å²) in [5, 5.41) is 9.16. The number of nitriles is 1. The van der Waals surface area contributed by atoms with E-state index >= 15 is 0 Å². The topological polar surface area (TPSA) is 61.2 Å². The van der Waals surface area contributed by atoms with Crippen LogP contribution in [0.5, 0.6) is 0 Å². The molecule has 3 rings (SSSR count). The molecule has 21 heavy (non-hydrogen) atoms. The van der Waals surface area contributed by atoms with Crippen molar-refractivity contribution in [2.75, 3.05) is 6.54 Å². The Morgan fingerprint density at radius 2 is 1.95 bits per heavy atom. The van der Waals surface area contributed by atoms with Gasteiger partial charge < -0.3 is 4.90 Å². The van der Waals surface area contributed by atoms with Crippen LogP contribution < -0.4 is 0 Å². The van der Waals surface area contributed by atoms with E-state index in [0.717, 1.165) is 18.4 Å². The number of hydrogen-bond acceptors (Lipinski definition) is 3. The number of allylic oxidation sites excluding steroid dienone is 1. The van der Waals surface area contributed by atoms with E-state index in [4.69, 9.17) is 5.26 Å². The highest BCUT2D eigenvalue weighted by molar-refractivity contribution is 6.08. The molecule has 0 N–H and O–H groups in total. The first-order chi connectivity index (χ1) is 9.96. The van der Waals surface area contributed by atoms with Crippen molar-refractivity contribution in [1.82, 2.24) is 4.90 Å². The minimum atomic E-state index is -0.748. The van der Waals surface area contributed by atoms with Crippen molar-refractivity contribution >= 4 is 11.7 Å². The van der Waals surface area contributed by atoms with Gasteiger partial charge in [0.15, 0.2) is 5.78 Å². The molecule has 3 aliphatic rings. The van der Waals surface area contributed by atoms with Crippen LogP contribution >= 0.6 is 0 Å². The van der Waals surface area contributed by atoms with Crippen molar-refractivity contribution in [3.8, 4) is 6.07 Å². The van der Waals surface area contributed by atoms with Gasteiger partial charge in [-0.3, -0.25) is 9.59 Å². The maximum absolute atomic E-state index is 12.8. The summed E-state index contributed by atoms with van der Waals surface area (Å²) in [5.74, 6) is -0.538. The number of hydrogen-bond donors (Lipinski definition) is 0. The van der Waals surface area contributed by atoms with E-state index in [9.17, 15) is 9.59 Å². The smallest absolute Gasteiger partial charge is 0.234 e. The van der Waals surface area contributed by atoms with Crippen LogP contribution in [-0.2, 0) is 9.59 Å². The zero-order valence-corrected chi connectivity index (χ0v) is 12.6. The summed E-state index contributed by atoms with van der Waals surface area (Å²) in [6.07, 6.45) is 8.10. The number of carbonyl (C=O) groups excluding carboxylic acids is 2. The third-order valence-corrected chi connectivity index (χ3v) is 5.15. The van der Waals surface area contributed by atoms with Gasteiger partial charge in [0.25, 0.3) is 0 Å². The summed E-state index contributed by atoms with van der Waals surface area (Å²) in [4.78, 5) is 27.1. The molecule has 1 heterocycles. The molecule has 1 fully saturated rings. The van der Waals surface area contributed by atoms with Crippen molar-refractivity contribution in [2.24, 2.45) is 11.3 Å². The predicted octanol–water partition coefficient (Wildman–Crippen LogP) is 2.37. The molecule has 4 nitrogen and oxygen atoms in total. The van der Waals surface area contributed by atoms with Gasteiger partial charge in [-0.25, -0.2) is 0 Å². The summed E-state index contributed by atoms with van der Waals surface area (Å²) in [7, 11) is 0. The third kappa shape index (κ3) is 2.03. The first kappa shape index (κ1) is 14.1. The van der Waals surface area contributed by atoms with Gasteiger partial charge in [-0.05, 0) is 38.3 Å². The Bertz CT molecular complexity index is 601. The van der Waals surface area contributed by atoms with Crippen LogP contribution in [0.3, 0.4) is 0 Å². The van der Waals surface area contributed by atoms with Gasteiger partial charge in [0.05, 0.1) is 16.9 Å². The number of fused-ring (bicyclic) bond motifs is 1. The van der Waals surface area contributed by atoms with E-state index in [1.165, 1.54) is 12.8 Å². The van der Waals surface area contributed by atoms with E-state index in [0.29, 0.717) is 12.6 Å². The van der Waals surface area contributed by atoms with Crippen molar-refractivity contribution in [1.29, 1.82) is 5.26 Å². The molecule has 0 aromatic heterocycles. The number of rotatable bonds is 1. The Kier molecular flexibility index (Phi) is 3.24. The van der Waals surface area contributed by atoms with E-state index < -0.39 is 11.3 Å². The summed E-state index contributed by atoms with van der Waals surface area (Å²) < 4.78 is 0. The quantitative estimate of drug-likeness (QED) is 0.694. The minimum Gasteiger partial charge on any atom is -0.335 e. The second-order valence-corrected chi connectivity index (χ2v) is 6.71. The van der Waals surface area contributed by atoms with Crippen molar-refractivity contribution < 1.29 is 9.59 Å². The number of carbonyl (C=O) groups is 2. The zero-order valence-electron chi connectivity index (χ0n) is 12.6. The lowest BCUT2D eigenvalue weighted by Crippen LogP contribution is -2.50. The maximum atomic E-state index is 12.8. The average molecular weight is 284 g/mol. The molecule has 0 aromatic carbocycles. The number of amides is 1. The fourth-order valence-corrected chi connectivity index (χ4v) is 3.87. The number of Topliss-reactive ketones (excluding diaryl/α,β-unsaturated/α-hetero) is 1. The molecule has 1 saturated carbocycles. The summed E-state index contributed by atoms with van der Waals surface area (Å²) in [6, 6.07) is 2.29. The second kappa shape index (κ2) is 4.84. The maximum Gasteiger partial charge on any atom is 0.234 e. The zero-order chi connectivity index (χ0) is 15.2. The predicted molar refractivity (Wildman–Crippen MR) is 78.0 cm³/mol. The Morgan fingerprint density at radius 3 is 2.57 bits per heavy atom. The first-order valence-electron chi connectivity index (χ1n) is 7.64. The Hall–Kier alpha value is -1.89. The fourth-order valence-electron chi connectivity index (χ4n) is 3.87. The molecular weight excluding hydrogens is 264 g/mol. The highest BCUT2D eigenvalue weighted by Crippen LogP contribution is 2.43. The van der Waals surface area contributed by atoms with Crippen LogP contribution in [0, 0.1) is 22.7 Å². The molecule has 1 atom stereocenters. The summed E-state index contributed by atoms with van der Waals surface area (Å²) in [6.45, 7) is 4.23. The van der Waals surface area contributed by atoms with Crippen LogP contribution in [0.2, 0.25) is 0 Å². The van der Waals surface area contributed by atoms with Gasteiger partial charge in [-0.2, -0.15) is 5.26 Å². The Morgan fingerprint density at radius 1 is 1.29 bits per heavy atom. The third-order valence-electron chi connectivity index (χ3n) is 5.15. The van der Waals surface area contributed by atoms with Crippen LogP contribution in [-0.4, -0.2) is 29.2 Å². The molecule has 110 valence electrons. The minimum absolute atomic E-state index is 0.0627.